The number of carbonyl (C=O) groups excluding carboxylic acids is 1. The zero-order valence-electron chi connectivity index (χ0n) is 16.8. The van der Waals surface area contributed by atoms with E-state index in [9.17, 15) is 14.9 Å². The molecule has 1 amide bonds. The van der Waals surface area contributed by atoms with Gasteiger partial charge in [0.15, 0.2) is 5.69 Å². The number of nitro benzene ring substituents is 1. The van der Waals surface area contributed by atoms with E-state index in [0.29, 0.717) is 23.5 Å². The van der Waals surface area contributed by atoms with E-state index >= 15 is 0 Å². The Balaban J connectivity index is 1.91. The predicted octanol–water partition coefficient (Wildman–Crippen LogP) is 3.58. The van der Waals surface area contributed by atoms with Crippen molar-refractivity contribution in [3.63, 3.8) is 0 Å². The van der Waals surface area contributed by atoms with Crippen molar-refractivity contribution in [3.8, 4) is 11.8 Å². The zero-order valence-corrected chi connectivity index (χ0v) is 16.8. The second kappa shape index (κ2) is 8.53. The van der Waals surface area contributed by atoms with Gasteiger partial charge in [0.25, 0.3) is 11.6 Å². The van der Waals surface area contributed by atoms with Gasteiger partial charge in [0.2, 0.25) is 0 Å². The minimum atomic E-state index is -0.486. The van der Waals surface area contributed by atoms with E-state index in [0.717, 1.165) is 5.56 Å². The number of carbonyl (C=O) groups is 1. The Kier molecular flexibility index (Phi) is 5.88. The summed E-state index contributed by atoms with van der Waals surface area (Å²) in [6.45, 7) is 5.93. The highest BCUT2D eigenvalue weighted by Crippen LogP contribution is 2.24. The van der Waals surface area contributed by atoms with Gasteiger partial charge in [-0.3, -0.25) is 14.9 Å². The van der Waals surface area contributed by atoms with Crippen LogP contribution in [0.4, 0.5) is 5.69 Å². The molecule has 152 valence electrons. The zero-order chi connectivity index (χ0) is 21.8. The van der Waals surface area contributed by atoms with Gasteiger partial charge in [-0.1, -0.05) is 23.4 Å². The standard InChI is InChI=1S/C21H20N6O3/c1-4-25(14(2)17-10-8-16(13-22)9-11-17)21(28)20-15(3)26(24-23-20)18-6-5-7-19(12-18)27(29)30/h5-12,14H,4H2,1-3H3. The molecule has 0 fully saturated rings. The molecule has 0 bridgehead atoms. The van der Waals surface area contributed by atoms with Gasteiger partial charge in [-0.25, -0.2) is 4.68 Å². The third-order valence-electron chi connectivity index (χ3n) is 4.97. The Labute approximate surface area is 173 Å². The average Bonchev–Trinajstić information content (AvgIpc) is 3.15. The summed E-state index contributed by atoms with van der Waals surface area (Å²) in [6, 6.07) is 14.9. The van der Waals surface area contributed by atoms with E-state index in [1.54, 1.807) is 36.1 Å². The van der Waals surface area contributed by atoms with Crippen LogP contribution in [0.3, 0.4) is 0 Å². The largest absolute Gasteiger partial charge is 0.331 e. The van der Waals surface area contributed by atoms with Crippen molar-refractivity contribution in [1.29, 1.82) is 5.26 Å². The first-order chi connectivity index (χ1) is 14.4. The van der Waals surface area contributed by atoms with Crippen LogP contribution >= 0.6 is 0 Å². The average molecular weight is 404 g/mol. The first-order valence-corrected chi connectivity index (χ1v) is 9.35. The summed E-state index contributed by atoms with van der Waals surface area (Å²) in [5, 5.41) is 28.1. The summed E-state index contributed by atoms with van der Waals surface area (Å²) in [4.78, 5) is 25.4. The number of nitro groups is 1. The van der Waals surface area contributed by atoms with Gasteiger partial charge in [0.05, 0.1) is 34.0 Å². The fourth-order valence-electron chi connectivity index (χ4n) is 3.26. The molecule has 0 spiro atoms. The number of hydrogen-bond donors (Lipinski definition) is 0. The van der Waals surface area contributed by atoms with Crippen molar-refractivity contribution >= 4 is 11.6 Å². The topological polar surface area (TPSA) is 118 Å². The molecule has 0 aliphatic rings. The smallest absolute Gasteiger partial charge is 0.276 e. The number of amides is 1. The van der Waals surface area contributed by atoms with Gasteiger partial charge in [0.1, 0.15) is 0 Å². The van der Waals surface area contributed by atoms with E-state index < -0.39 is 4.92 Å². The summed E-state index contributed by atoms with van der Waals surface area (Å²) in [5.74, 6) is -0.288. The lowest BCUT2D eigenvalue weighted by Crippen LogP contribution is -2.34. The highest BCUT2D eigenvalue weighted by atomic mass is 16.6. The maximum absolute atomic E-state index is 13.2. The predicted molar refractivity (Wildman–Crippen MR) is 109 cm³/mol. The molecule has 3 aromatic rings. The Morgan fingerprint density at radius 3 is 2.60 bits per heavy atom. The van der Waals surface area contributed by atoms with Crippen LogP contribution < -0.4 is 0 Å². The van der Waals surface area contributed by atoms with Crippen molar-refractivity contribution in [3.05, 3.63) is 81.2 Å². The van der Waals surface area contributed by atoms with Gasteiger partial charge in [-0.05, 0) is 44.5 Å². The van der Waals surface area contributed by atoms with Crippen molar-refractivity contribution in [1.82, 2.24) is 19.9 Å². The summed E-state index contributed by atoms with van der Waals surface area (Å²) in [5.41, 5.74) is 2.51. The summed E-state index contributed by atoms with van der Waals surface area (Å²) >= 11 is 0. The third-order valence-corrected chi connectivity index (χ3v) is 4.97. The maximum atomic E-state index is 13.2. The number of nitriles is 1. The number of hydrogen-bond acceptors (Lipinski definition) is 6. The number of aromatic nitrogens is 3. The van der Waals surface area contributed by atoms with Crippen LogP contribution in [0, 0.1) is 28.4 Å². The van der Waals surface area contributed by atoms with Crippen molar-refractivity contribution < 1.29 is 9.72 Å². The molecule has 30 heavy (non-hydrogen) atoms. The Bertz CT molecular complexity index is 1130. The number of rotatable bonds is 6. The lowest BCUT2D eigenvalue weighted by Gasteiger charge is -2.28. The Morgan fingerprint density at radius 2 is 2.00 bits per heavy atom. The SMILES string of the molecule is CCN(C(=O)c1nnn(-c2cccc([N+](=O)[O-])c2)c1C)C(C)c1ccc(C#N)cc1. The minimum Gasteiger partial charge on any atom is -0.331 e. The molecule has 0 aliphatic carbocycles. The highest BCUT2D eigenvalue weighted by Gasteiger charge is 2.26. The molecule has 2 aromatic carbocycles. The van der Waals surface area contributed by atoms with E-state index in [1.807, 2.05) is 26.0 Å². The summed E-state index contributed by atoms with van der Waals surface area (Å²) in [6.07, 6.45) is 0. The molecular formula is C21H20N6O3. The van der Waals surface area contributed by atoms with Crippen LogP contribution in [-0.2, 0) is 0 Å². The summed E-state index contributed by atoms with van der Waals surface area (Å²) < 4.78 is 1.42. The summed E-state index contributed by atoms with van der Waals surface area (Å²) in [7, 11) is 0. The molecule has 0 radical (unpaired) electrons. The molecule has 0 aliphatic heterocycles. The van der Waals surface area contributed by atoms with Gasteiger partial charge in [0, 0.05) is 18.7 Å². The molecule has 1 unspecified atom stereocenters. The van der Waals surface area contributed by atoms with E-state index in [1.165, 1.54) is 16.8 Å². The lowest BCUT2D eigenvalue weighted by molar-refractivity contribution is -0.384. The first kappa shape index (κ1) is 20.7. The van der Waals surface area contributed by atoms with Crippen LogP contribution in [0.2, 0.25) is 0 Å². The minimum absolute atomic E-state index is 0.0695. The molecule has 1 atom stereocenters. The van der Waals surface area contributed by atoms with Crippen LogP contribution in [0.1, 0.15) is 47.2 Å². The van der Waals surface area contributed by atoms with Crippen molar-refractivity contribution in [2.24, 2.45) is 0 Å². The van der Waals surface area contributed by atoms with E-state index in [2.05, 4.69) is 16.4 Å². The molecule has 1 heterocycles. The molecule has 9 heteroatoms. The van der Waals surface area contributed by atoms with Gasteiger partial charge < -0.3 is 4.90 Å². The second-order valence-electron chi connectivity index (χ2n) is 6.71. The number of benzene rings is 2. The van der Waals surface area contributed by atoms with Crippen LogP contribution in [0.5, 0.6) is 0 Å². The molecule has 1 aromatic heterocycles. The normalized spacial score (nSPS) is 11.5. The molecule has 3 rings (SSSR count). The maximum Gasteiger partial charge on any atom is 0.276 e. The molecule has 0 saturated carbocycles. The van der Waals surface area contributed by atoms with Gasteiger partial charge in [-0.15, -0.1) is 5.10 Å². The first-order valence-electron chi connectivity index (χ1n) is 9.35. The fraction of sp³-hybridized carbons (Fsp3) is 0.238. The van der Waals surface area contributed by atoms with Crippen molar-refractivity contribution in [2.45, 2.75) is 26.8 Å². The van der Waals surface area contributed by atoms with Gasteiger partial charge in [-0.2, -0.15) is 5.26 Å². The molecule has 9 nitrogen and oxygen atoms in total. The molecule has 0 saturated heterocycles. The Hall–Kier alpha value is -4.06. The monoisotopic (exact) mass is 404 g/mol. The van der Waals surface area contributed by atoms with Gasteiger partial charge >= 0.3 is 0 Å². The van der Waals surface area contributed by atoms with Crippen LogP contribution in [0.25, 0.3) is 5.69 Å². The molecular weight excluding hydrogens is 384 g/mol. The van der Waals surface area contributed by atoms with Crippen LogP contribution in [0.15, 0.2) is 48.5 Å². The lowest BCUT2D eigenvalue weighted by atomic mass is 10.0. The number of nitrogens with zero attached hydrogens (tertiary/aromatic N) is 6. The second-order valence-corrected chi connectivity index (χ2v) is 6.71. The highest BCUT2D eigenvalue weighted by molar-refractivity contribution is 5.93. The fourth-order valence-corrected chi connectivity index (χ4v) is 3.26. The van der Waals surface area contributed by atoms with Crippen molar-refractivity contribution in [2.75, 3.05) is 6.54 Å². The van der Waals surface area contributed by atoms with E-state index in [4.69, 9.17) is 5.26 Å². The third kappa shape index (κ3) is 3.89. The quantitative estimate of drug-likeness (QED) is 0.458. The molecule has 0 N–H and O–H groups in total. The Morgan fingerprint density at radius 1 is 1.30 bits per heavy atom. The van der Waals surface area contributed by atoms with Crippen LogP contribution in [-0.4, -0.2) is 37.3 Å². The number of non-ortho nitro benzene ring substituents is 1. The van der Waals surface area contributed by atoms with E-state index in [-0.39, 0.29) is 23.3 Å².